The fourth-order valence-corrected chi connectivity index (χ4v) is 2.50. The van der Waals surface area contributed by atoms with Crippen molar-refractivity contribution in [3.8, 4) is 0 Å². The van der Waals surface area contributed by atoms with Gasteiger partial charge in [-0.2, -0.15) is 5.10 Å². The molecule has 2 heterocycles. The molecule has 0 fully saturated rings. The van der Waals surface area contributed by atoms with Gasteiger partial charge in [-0.15, -0.1) is 11.3 Å². The van der Waals surface area contributed by atoms with E-state index < -0.39 is 0 Å². The Hall–Kier alpha value is -1.89. The summed E-state index contributed by atoms with van der Waals surface area (Å²) in [4.78, 5) is 17.6. The van der Waals surface area contributed by atoms with E-state index in [1.165, 1.54) is 15.8 Å². The van der Waals surface area contributed by atoms with Crippen molar-refractivity contribution in [2.75, 3.05) is 5.73 Å². The molecule has 0 aliphatic carbocycles. The number of nitrogens with one attached hydrogen (secondary N) is 1. The van der Waals surface area contributed by atoms with Gasteiger partial charge in [0.2, 0.25) is 0 Å². The van der Waals surface area contributed by atoms with Crippen molar-refractivity contribution in [3.63, 3.8) is 0 Å². The van der Waals surface area contributed by atoms with Crippen LogP contribution < -0.4 is 11.1 Å². The van der Waals surface area contributed by atoms with Gasteiger partial charge in [0.25, 0.3) is 5.91 Å². The number of thiazole rings is 1. The van der Waals surface area contributed by atoms with Crippen molar-refractivity contribution in [3.05, 3.63) is 27.8 Å². The average Bonchev–Trinajstić information content (AvgIpc) is 2.98. The van der Waals surface area contributed by atoms with Gasteiger partial charge in [-0.25, -0.2) is 4.98 Å². The SMILES string of the molecule is CCc1cnc(C(C)NC(=O)c2cnn(C)c2N)s1. The van der Waals surface area contributed by atoms with E-state index in [-0.39, 0.29) is 11.9 Å². The van der Waals surface area contributed by atoms with Gasteiger partial charge in [-0.05, 0) is 13.3 Å². The number of nitrogens with two attached hydrogens (primary N) is 1. The molecule has 0 spiro atoms. The highest BCUT2D eigenvalue weighted by Crippen LogP contribution is 2.21. The summed E-state index contributed by atoms with van der Waals surface area (Å²) in [6.45, 7) is 3.99. The highest BCUT2D eigenvalue weighted by molar-refractivity contribution is 7.11. The zero-order valence-corrected chi connectivity index (χ0v) is 12.0. The topological polar surface area (TPSA) is 85.8 Å². The van der Waals surface area contributed by atoms with Gasteiger partial charge in [-0.3, -0.25) is 9.48 Å². The van der Waals surface area contributed by atoms with E-state index >= 15 is 0 Å². The minimum absolute atomic E-state index is 0.141. The Morgan fingerprint density at radius 2 is 2.32 bits per heavy atom. The number of anilines is 1. The largest absolute Gasteiger partial charge is 0.383 e. The minimum atomic E-state index is -0.230. The molecule has 102 valence electrons. The summed E-state index contributed by atoms with van der Waals surface area (Å²) >= 11 is 1.61. The van der Waals surface area contributed by atoms with E-state index in [0.29, 0.717) is 11.4 Å². The monoisotopic (exact) mass is 279 g/mol. The summed E-state index contributed by atoms with van der Waals surface area (Å²) in [5.41, 5.74) is 6.16. The number of hydrogen-bond acceptors (Lipinski definition) is 5. The first-order valence-electron chi connectivity index (χ1n) is 6.05. The van der Waals surface area contributed by atoms with Crippen molar-refractivity contribution in [2.45, 2.75) is 26.3 Å². The summed E-state index contributed by atoms with van der Waals surface area (Å²) in [7, 11) is 1.70. The molecule has 0 aliphatic rings. The maximum Gasteiger partial charge on any atom is 0.257 e. The van der Waals surface area contributed by atoms with Crippen LogP contribution in [0.15, 0.2) is 12.4 Å². The Morgan fingerprint density at radius 3 is 2.84 bits per heavy atom. The molecule has 0 bridgehead atoms. The van der Waals surface area contributed by atoms with E-state index in [0.717, 1.165) is 11.4 Å². The Kier molecular flexibility index (Phi) is 3.84. The van der Waals surface area contributed by atoms with Gasteiger partial charge in [0.15, 0.2) is 0 Å². The summed E-state index contributed by atoms with van der Waals surface area (Å²) < 4.78 is 1.47. The zero-order chi connectivity index (χ0) is 14.0. The maximum atomic E-state index is 12.1. The van der Waals surface area contributed by atoms with Crippen LogP contribution in [-0.4, -0.2) is 20.7 Å². The molecule has 3 N–H and O–H groups in total. The highest BCUT2D eigenvalue weighted by atomic mass is 32.1. The third-order valence-electron chi connectivity index (χ3n) is 2.87. The smallest absolute Gasteiger partial charge is 0.257 e. The number of nitrogen functional groups attached to an aromatic ring is 1. The van der Waals surface area contributed by atoms with Crippen molar-refractivity contribution >= 4 is 23.1 Å². The lowest BCUT2D eigenvalue weighted by atomic mass is 10.2. The number of rotatable bonds is 4. The molecule has 1 atom stereocenters. The molecule has 0 saturated heterocycles. The van der Waals surface area contributed by atoms with Crippen LogP contribution >= 0.6 is 11.3 Å². The molecule has 0 radical (unpaired) electrons. The molecule has 2 aromatic rings. The quantitative estimate of drug-likeness (QED) is 0.888. The molecule has 0 saturated carbocycles. The van der Waals surface area contributed by atoms with Crippen LogP contribution in [0.2, 0.25) is 0 Å². The number of nitrogens with zero attached hydrogens (tertiary/aromatic N) is 3. The number of aryl methyl sites for hydroxylation is 2. The molecule has 0 aliphatic heterocycles. The van der Waals surface area contributed by atoms with Crippen molar-refractivity contribution < 1.29 is 4.79 Å². The second-order valence-corrected chi connectivity index (χ2v) is 5.43. The van der Waals surface area contributed by atoms with Crippen molar-refractivity contribution in [1.29, 1.82) is 0 Å². The molecule has 2 rings (SSSR count). The number of carbonyl (C=O) groups excluding carboxylic acids is 1. The molecular weight excluding hydrogens is 262 g/mol. The lowest BCUT2D eigenvalue weighted by Gasteiger charge is -2.10. The molecule has 19 heavy (non-hydrogen) atoms. The Balaban J connectivity index is 2.08. The van der Waals surface area contributed by atoms with E-state index in [1.54, 1.807) is 18.4 Å². The third-order valence-corrected chi connectivity index (χ3v) is 4.19. The van der Waals surface area contributed by atoms with Gasteiger partial charge >= 0.3 is 0 Å². The fraction of sp³-hybridized carbons (Fsp3) is 0.417. The predicted octanol–water partition coefficient (Wildman–Crippen LogP) is 1.51. The molecule has 0 aromatic carbocycles. The number of carbonyl (C=O) groups is 1. The molecule has 1 unspecified atom stereocenters. The van der Waals surface area contributed by atoms with Gasteiger partial charge in [0, 0.05) is 18.1 Å². The molecule has 7 heteroatoms. The average molecular weight is 279 g/mol. The van der Waals surface area contributed by atoms with E-state index in [2.05, 4.69) is 22.3 Å². The van der Waals surface area contributed by atoms with Crippen LogP contribution in [0.4, 0.5) is 5.82 Å². The Bertz CT molecular complexity index is 589. The molecular formula is C12H17N5OS. The van der Waals surface area contributed by atoms with Crippen LogP contribution in [0.5, 0.6) is 0 Å². The first kappa shape index (κ1) is 13.5. The van der Waals surface area contributed by atoms with E-state index in [9.17, 15) is 4.79 Å². The molecule has 1 amide bonds. The minimum Gasteiger partial charge on any atom is -0.383 e. The predicted molar refractivity (Wildman–Crippen MR) is 75.0 cm³/mol. The second kappa shape index (κ2) is 5.40. The summed E-state index contributed by atoms with van der Waals surface area (Å²) in [5, 5.41) is 7.73. The van der Waals surface area contributed by atoms with Crippen LogP contribution in [-0.2, 0) is 13.5 Å². The summed E-state index contributed by atoms with van der Waals surface area (Å²) in [5.74, 6) is 0.129. The van der Waals surface area contributed by atoms with Gasteiger partial charge < -0.3 is 11.1 Å². The molecule has 6 nitrogen and oxygen atoms in total. The Labute approximate surface area is 115 Å². The van der Waals surface area contributed by atoms with Gasteiger partial charge in [-0.1, -0.05) is 6.92 Å². The van der Waals surface area contributed by atoms with E-state index in [1.807, 2.05) is 13.1 Å². The van der Waals surface area contributed by atoms with Crippen molar-refractivity contribution in [2.24, 2.45) is 7.05 Å². The van der Waals surface area contributed by atoms with Crippen LogP contribution in [0.1, 0.15) is 40.1 Å². The normalized spacial score (nSPS) is 12.4. The van der Waals surface area contributed by atoms with Gasteiger partial charge in [0.1, 0.15) is 16.4 Å². The first-order valence-corrected chi connectivity index (χ1v) is 6.87. The molecule has 2 aromatic heterocycles. The summed E-state index contributed by atoms with van der Waals surface area (Å²) in [6.07, 6.45) is 4.27. The lowest BCUT2D eigenvalue weighted by molar-refractivity contribution is 0.0940. The fourth-order valence-electron chi connectivity index (χ4n) is 1.64. The van der Waals surface area contributed by atoms with Crippen molar-refractivity contribution in [1.82, 2.24) is 20.1 Å². The first-order chi connectivity index (χ1) is 9.02. The maximum absolute atomic E-state index is 12.1. The number of aromatic nitrogens is 3. The van der Waals surface area contributed by atoms with E-state index in [4.69, 9.17) is 5.73 Å². The highest BCUT2D eigenvalue weighted by Gasteiger charge is 2.18. The van der Waals surface area contributed by atoms with Gasteiger partial charge in [0.05, 0.1) is 12.2 Å². The third kappa shape index (κ3) is 2.76. The Morgan fingerprint density at radius 1 is 1.58 bits per heavy atom. The second-order valence-electron chi connectivity index (χ2n) is 4.28. The lowest BCUT2D eigenvalue weighted by Crippen LogP contribution is -2.27. The number of amides is 1. The summed E-state index contributed by atoms with van der Waals surface area (Å²) in [6, 6.07) is -0.141. The standard InChI is InChI=1S/C12H17N5OS/c1-4-8-5-14-12(19-8)7(2)16-11(18)9-6-15-17(3)10(9)13/h5-7H,4,13H2,1-3H3,(H,16,18). The van der Waals surface area contributed by atoms with Crippen LogP contribution in [0, 0.1) is 0 Å². The number of hydrogen-bond donors (Lipinski definition) is 2. The van der Waals surface area contributed by atoms with Crippen LogP contribution in [0.25, 0.3) is 0 Å². The van der Waals surface area contributed by atoms with Crippen LogP contribution in [0.3, 0.4) is 0 Å². The zero-order valence-electron chi connectivity index (χ0n) is 11.2.